The summed E-state index contributed by atoms with van der Waals surface area (Å²) in [4.78, 5) is 43.9. The summed E-state index contributed by atoms with van der Waals surface area (Å²) in [5, 5.41) is 20.4. The van der Waals surface area contributed by atoms with Gasteiger partial charge in [0.25, 0.3) is 5.91 Å². The first-order valence-corrected chi connectivity index (χ1v) is 19.7. The van der Waals surface area contributed by atoms with E-state index in [1.54, 1.807) is 62.3 Å². The third kappa shape index (κ3) is 5.87. The van der Waals surface area contributed by atoms with Crippen molar-refractivity contribution < 1.29 is 28.2 Å². The van der Waals surface area contributed by atoms with E-state index >= 15 is 9.18 Å². The number of fused-ring (bicyclic) bond motifs is 3. The summed E-state index contributed by atoms with van der Waals surface area (Å²) < 4.78 is 43.4. The quantitative estimate of drug-likeness (QED) is 0.177. The van der Waals surface area contributed by atoms with Gasteiger partial charge in [-0.2, -0.15) is 10.2 Å². The highest BCUT2D eigenvalue weighted by Gasteiger charge is 2.37. The number of amides is 1. The van der Waals surface area contributed by atoms with Crippen LogP contribution in [0.15, 0.2) is 108 Å². The summed E-state index contributed by atoms with van der Waals surface area (Å²) in [5.74, 6) is -2.25. The van der Waals surface area contributed by atoms with E-state index in [0.29, 0.717) is 58.5 Å². The molecule has 4 aromatic heterocycles. The number of benzene rings is 4. The Morgan fingerprint density at radius 2 is 1.62 bits per heavy atom. The lowest BCUT2D eigenvalue weighted by molar-refractivity contribution is 0.0626. The van der Waals surface area contributed by atoms with Gasteiger partial charge >= 0.3 is 11.7 Å². The minimum Gasteiger partial charge on any atom is -0.478 e. The number of halogens is 2. The molecule has 60 heavy (non-hydrogen) atoms. The van der Waals surface area contributed by atoms with Crippen molar-refractivity contribution in [3.63, 3.8) is 0 Å². The molecular formula is C45H38F2N8O5. The van der Waals surface area contributed by atoms with Gasteiger partial charge in [0, 0.05) is 50.1 Å². The van der Waals surface area contributed by atoms with Crippen LogP contribution in [0.1, 0.15) is 63.8 Å². The van der Waals surface area contributed by atoms with Crippen molar-refractivity contribution in [3.8, 4) is 28.3 Å². The number of carboxylic acid groups (broad SMARTS) is 1. The Morgan fingerprint density at radius 1 is 0.867 bits per heavy atom. The fourth-order valence-corrected chi connectivity index (χ4v) is 8.94. The zero-order valence-corrected chi connectivity index (χ0v) is 32.6. The van der Waals surface area contributed by atoms with Gasteiger partial charge in [-0.25, -0.2) is 18.4 Å². The number of hydrogen-bond donors (Lipinski definition) is 1. The molecule has 1 amide bonds. The first-order valence-electron chi connectivity index (χ1n) is 19.7. The van der Waals surface area contributed by atoms with E-state index < -0.39 is 29.3 Å². The van der Waals surface area contributed by atoms with Crippen LogP contribution in [0.2, 0.25) is 0 Å². The second-order valence-corrected chi connectivity index (χ2v) is 15.3. The molecule has 4 aromatic carbocycles. The number of carboxylic acids is 1. The van der Waals surface area contributed by atoms with Crippen LogP contribution in [0.4, 0.5) is 8.78 Å². The Labute approximate surface area is 340 Å². The monoisotopic (exact) mass is 808 g/mol. The molecule has 0 spiro atoms. The molecule has 8 aromatic rings. The third-order valence-corrected chi connectivity index (χ3v) is 12.0. The molecule has 15 heteroatoms. The van der Waals surface area contributed by atoms with Gasteiger partial charge in [0.2, 0.25) is 0 Å². The lowest BCUT2D eigenvalue weighted by atomic mass is 9.91. The van der Waals surface area contributed by atoms with Crippen LogP contribution in [-0.4, -0.2) is 74.9 Å². The lowest BCUT2D eigenvalue weighted by Crippen LogP contribution is -2.42. The van der Waals surface area contributed by atoms with Gasteiger partial charge in [-0.1, -0.05) is 18.2 Å². The Hall–Kier alpha value is -7.13. The van der Waals surface area contributed by atoms with Gasteiger partial charge < -0.3 is 19.3 Å². The van der Waals surface area contributed by atoms with Crippen LogP contribution in [0, 0.1) is 11.6 Å². The van der Waals surface area contributed by atoms with E-state index in [9.17, 15) is 19.1 Å². The Kier molecular flexibility index (Phi) is 8.86. The fourth-order valence-electron chi connectivity index (χ4n) is 8.94. The maximum atomic E-state index is 16.0. The van der Waals surface area contributed by atoms with Crippen molar-refractivity contribution in [2.45, 2.75) is 38.3 Å². The van der Waals surface area contributed by atoms with E-state index in [2.05, 4.69) is 11.2 Å². The first kappa shape index (κ1) is 37.2. The van der Waals surface area contributed by atoms with Gasteiger partial charge in [-0.15, -0.1) is 0 Å². The minimum atomic E-state index is -1.13. The van der Waals surface area contributed by atoms with Crippen molar-refractivity contribution in [2.75, 3.05) is 19.8 Å². The summed E-state index contributed by atoms with van der Waals surface area (Å²) >= 11 is 0. The van der Waals surface area contributed by atoms with Crippen LogP contribution in [0.25, 0.3) is 50.1 Å². The summed E-state index contributed by atoms with van der Waals surface area (Å²) in [6.07, 6.45) is 6.18. The predicted molar refractivity (Wildman–Crippen MR) is 219 cm³/mol. The SMILES string of the molecule is C[C@H]1c2c(-n3ccn(-c4ccc5c(cnn5C)c4F)c3=O)c(-c3ccc(F)cc3)nn2CCN1C(=O)c1cc2cc(C3CCOCC3)ccc2n1-c1ccccc1C(=O)O. The maximum absolute atomic E-state index is 16.0. The standard InChI is InChI=1S/C45H38F2N8O5/c1-26-41-42(53-18-17-52(45(53)59)37-14-13-35-33(39(37)47)25-48-50(35)2)40(28-7-10-31(46)11-8-28)49-54(41)20-19-51(26)43(56)38-24-30-23-29(27-15-21-60-22-16-27)9-12-34(30)55(38)36-6-4-3-5-32(36)44(57)58/h3-14,17-18,23-27H,15-16,19-22H2,1-2H3,(H,57,58)/t26-/m0/s1. The van der Waals surface area contributed by atoms with Crippen molar-refractivity contribution in [1.29, 1.82) is 0 Å². The number of aromatic carboxylic acids is 1. The first-order chi connectivity index (χ1) is 29.1. The number of para-hydroxylation sites is 1. The number of aryl methyl sites for hydroxylation is 1. The van der Waals surface area contributed by atoms with Crippen LogP contribution in [0.5, 0.6) is 0 Å². The number of aromatic nitrogens is 7. The molecule has 0 aliphatic carbocycles. The molecule has 1 N–H and O–H groups in total. The van der Waals surface area contributed by atoms with Crippen LogP contribution < -0.4 is 5.69 Å². The third-order valence-electron chi connectivity index (χ3n) is 12.0. The molecule has 2 aliphatic heterocycles. The molecule has 0 bridgehead atoms. The van der Waals surface area contributed by atoms with Gasteiger partial charge in [0.05, 0.1) is 57.8 Å². The second kappa shape index (κ2) is 14.3. The maximum Gasteiger partial charge on any atom is 0.337 e. The average molecular weight is 809 g/mol. The van der Waals surface area contributed by atoms with E-state index in [-0.39, 0.29) is 41.3 Å². The average Bonchev–Trinajstić information content (AvgIpc) is 4.04. The van der Waals surface area contributed by atoms with Crippen LogP contribution in [0.3, 0.4) is 0 Å². The minimum absolute atomic E-state index is 0.0305. The lowest BCUT2D eigenvalue weighted by Gasteiger charge is -2.35. The largest absolute Gasteiger partial charge is 0.478 e. The Balaban J connectivity index is 1.11. The highest BCUT2D eigenvalue weighted by Crippen LogP contribution is 2.39. The van der Waals surface area contributed by atoms with E-state index in [0.717, 1.165) is 23.8 Å². The molecule has 1 atom stereocenters. The van der Waals surface area contributed by atoms with E-state index in [4.69, 9.17) is 9.84 Å². The molecule has 0 unspecified atom stereocenters. The smallest absolute Gasteiger partial charge is 0.337 e. The van der Waals surface area contributed by atoms with Crippen LogP contribution >= 0.6 is 0 Å². The molecule has 13 nitrogen and oxygen atoms in total. The van der Waals surface area contributed by atoms with Crippen molar-refractivity contribution in [1.82, 2.24) is 38.2 Å². The van der Waals surface area contributed by atoms with Gasteiger partial charge in [0.15, 0.2) is 5.82 Å². The van der Waals surface area contributed by atoms with Gasteiger partial charge in [0.1, 0.15) is 22.9 Å². The number of nitrogens with zero attached hydrogens (tertiary/aromatic N) is 8. The van der Waals surface area contributed by atoms with Gasteiger partial charge in [-0.05, 0) is 98.0 Å². The van der Waals surface area contributed by atoms with Gasteiger partial charge in [-0.3, -0.25) is 23.3 Å². The van der Waals surface area contributed by atoms with E-state index in [1.165, 1.54) is 52.0 Å². The number of hydrogen-bond acceptors (Lipinski definition) is 6. The molecule has 0 saturated carbocycles. The summed E-state index contributed by atoms with van der Waals surface area (Å²) in [6, 6.07) is 22.8. The number of carbonyl (C=O) groups is 2. The normalized spacial score (nSPS) is 15.9. The molecule has 6 heterocycles. The Bertz CT molecular complexity index is 3080. The molecule has 2 aliphatic rings. The fraction of sp³-hybridized carbons (Fsp3) is 0.222. The molecular weight excluding hydrogens is 771 g/mol. The highest BCUT2D eigenvalue weighted by molar-refractivity contribution is 6.02. The summed E-state index contributed by atoms with van der Waals surface area (Å²) in [6.45, 7) is 3.67. The van der Waals surface area contributed by atoms with E-state index in [1.807, 2.05) is 25.1 Å². The highest BCUT2D eigenvalue weighted by atomic mass is 19.1. The molecule has 1 fully saturated rings. The number of carbonyl (C=O) groups excluding carboxylic acids is 1. The molecule has 10 rings (SSSR count). The zero-order chi connectivity index (χ0) is 41.4. The Morgan fingerprint density at radius 3 is 2.40 bits per heavy atom. The number of ether oxygens (including phenoxy) is 1. The summed E-state index contributed by atoms with van der Waals surface area (Å²) in [5.41, 5.74) is 4.28. The van der Waals surface area contributed by atoms with Crippen LogP contribution in [-0.2, 0) is 18.3 Å². The predicted octanol–water partition coefficient (Wildman–Crippen LogP) is 7.41. The number of rotatable bonds is 7. The second-order valence-electron chi connectivity index (χ2n) is 15.3. The molecule has 302 valence electrons. The number of imidazole rings is 1. The zero-order valence-electron chi connectivity index (χ0n) is 32.6. The van der Waals surface area contributed by atoms with Crippen molar-refractivity contribution in [2.24, 2.45) is 7.05 Å². The molecule has 0 radical (unpaired) electrons. The summed E-state index contributed by atoms with van der Waals surface area (Å²) in [7, 11) is 1.71. The van der Waals surface area contributed by atoms with Crippen molar-refractivity contribution in [3.05, 3.63) is 148 Å². The van der Waals surface area contributed by atoms with Crippen molar-refractivity contribution >= 4 is 33.7 Å². The molecule has 1 saturated heterocycles. The topological polar surface area (TPSA) is 134 Å².